The molecular weight excluding hydrogens is 530 g/mol. The van der Waals surface area contributed by atoms with Gasteiger partial charge in [-0.1, -0.05) is 15.9 Å². The Labute approximate surface area is 214 Å². The Morgan fingerprint density at radius 3 is 1.97 bits per heavy atom. The maximum atomic E-state index is 12.6. The lowest BCUT2D eigenvalue weighted by molar-refractivity contribution is -0.426. The van der Waals surface area contributed by atoms with Crippen molar-refractivity contribution in [2.24, 2.45) is 0 Å². The molecular formula is C23H40BrNO10. The molecule has 2 aliphatic heterocycles. The fraction of sp³-hybridized carbons (Fsp3) is 0.913. The van der Waals surface area contributed by atoms with Gasteiger partial charge in [0, 0.05) is 19.4 Å². The molecule has 2 heterocycles. The second-order valence-electron chi connectivity index (χ2n) is 11.0. The number of carboxylic acid groups (broad SMARTS) is 1. The number of aliphatic hydroxyl groups excluding tert-OH is 1. The van der Waals surface area contributed by atoms with Gasteiger partial charge in [0.15, 0.2) is 11.9 Å². The fourth-order valence-corrected chi connectivity index (χ4v) is 5.70. The van der Waals surface area contributed by atoms with Gasteiger partial charge >= 0.3 is 5.97 Å². The molecule has 0 aromatic heterocycles. The second-order valence-corrected chi connectivity index (χ2v) is 11.5. The maximum absolute atomic E-state index is 12.6. The van der Waals surface area contributed by atoms with Crippen LogP contribution in [0.5, 0.6) is 0 Å². The highest BCUT2D eigenvalue weighted by Crippen LogP contribution is 2.54. The van der Waals surface area contributed by atoms with Crippen LogP contribution in [-0.2, 0) is 28.5 Å². The smallest absolute Gasteiger partial charge is 0.338 e. The van der Waals surface area contributed by atoms with Crippen LogP contribution in [-0.4, -0.2) is 102 Å². The van der Waals surface area contributed by atoms with Gasteiger partial charge in [-0.25, -0.2) is 4.79 Å². The van der Waals surface area contributed by atoms with Gasteiger partial charge in [-0.3, -0.25) is 4.79 Å². The van der Waals surface area contributed by atoms with Gasteiger partial charge in [0.1, 0.15) is 39.6 Å². The van der Waals surface area contributed by atoms with E-state index < -0.39 is 69.5 Å². The van der Waals surface area contributed by atoms with Crippen LogP contribution >= 0.6 is 15.9 Å². The van der Waals surface area contributed by atoms with Gasteiger partial charge in [0.25, 0.3) is 0 Å². The topological polar surface area (TPSA) is 164 Å². The molecule has 0 bridgehead atoms. The molecule has 0 aliphatic carbocycles. The Bertz CT molecular complexity index is 869. The summed E-state index contributed by atoms with van der Waals surface area (Å²) in [4.78, 5) is 24.9. The third-order valence-corrected chi connectivity index (χ3v) is 10.00. The summed E-state index contributed by atoms with van der Waals surface area (Å²) in [6.07, 6.45) is -3.88. The molecule has 10 unspecified atom stereocenters. The number of carbonyl (C=O) groups is 2. The fourth-order valence-electron chi connectivity index (χ4n) is 5.27. The van der Waals surface area contributed by atoms with E-state index in [1.807, 2.05) is 0 Å². The molecule has 2 aliphatic rings. The molecule has 2 rings (SSSR count). The lowest BCUT2D eigenvalue weighted by Crippen LogP contribution is -2.86. The number of carboxylic acids is 1. The molecule has 12 heteroatoms. The highest BCUT2D eigenvalue weighted by molar-refractivity contribution is 9.09. The van der Waals surface area contributed by atoms with Gasteiger partial charge in [-0.2, -0.15) is 0 Å². The molecule has 204 valence electrons. The van der Waals surface area contributed by atoms with E-state index in [4.69, 9.17) is 18.9 Å². The molecule has 35 heavy (non-hydrogen) atoms. The van der Waals surface area contributed by atoms with Crippen molar-refractivity contribution in [3.8, 4) is 0 Å². The van der Waals surface area contributed by atoms with Crippen molar-refractivity contribution < 1.29 is 49.0 Å². The van der Waals surface area contributed by atoms with Crippen molar-refractivity contribution in [1.29, 1.82) is 0 Å². The average molecular weight is 570 g/mol. The Balaban J connectivity index is 2.83. The normalized spacial score (nSPS) is 52.7. The van der Waals surface area contributed by atoms with Crippen LogP contribution in [0.2, 0.25) is 0 Å². The van der Waals surface area contributed by atoms with E-state index >= 15 is 0 Å². The molecule has 0 aromatic rings. The van der Waals surface area contributed by atoms with Crippen molar-refractivity contribution in [2.75, 3.05) is 12.4 Å². The number of halogens is 1. The largest absolute Gasteiger partial charge is 0.479 e. The summed E-state index contributed by atoms with van der Waals surface area (Å²) in [5, 5.41) is 47.3. The van der Waals surface area contributed by atoms with Crippen molar-refractivity contribution in [3.63, 3.8) is 0 Å². The predicted octanol–water partition coefficient (Wildman–Crippen LogP) is 0.696. The first kappa shape index (κ1) is 30.4. The van der Waals surface area contributed by atoms with Crippen LogP contribution in [0.15, 0.2) is 0 Å². The maximum Gasteiger partial charge on any atom is 0.338 e. The summed E-state index contributed by atoms with van der Waals surface area (Å²) in [6, 6.07) is 0. The minimum atomic E-state index is -2.21. The number of ether oxygens (including phenoxy) is 4. The zero-order valence-corrected chi connectivity index (χ0v) is 23.6. The van der Waals surface area contributed by atoms with Gasteiger partial charge in [-0.05, 0) is 55.4 Å². The van der Waals surface area contributed by atoms with Crippen LogP contribution in [0.25, 0.3) is 0 Å². The molecule has 0 spiro atoms. The summed E-state index contributed by atoms with van der Waals surface area (Å²) >= 11 is 3.35. The molecule has 0 aromatic carbocycles. The summed E-state index contributed by atoms with van der Waals surface area (Å²) < 4.78 is 24.2. The number of nitrogens with one attached hydrogen (secondary N) is 1. The molecule has 1 amide bonds. The number of hydrogen-bond donors (Lipinski definition) is 5. The summed E-state index contributed by atoms with van der Waals surface area (Å²) in [5.74, 6) is -1.95. The third kappa shape index (κ3) is 3.87. The molecule has 11 nitrogen and oxygen atoms in total. The predicted molar refractivity (Wildman–Crippen MR) is 128 cm³/mol. The van der Waals surface area contributed by atoms with Gasteiger partial charge in [0.05, 0.1) is 6.10 Å². The number of alkyl halides is 1. The second kappa shape index (κ2) is 8.87. The molecule has 2 saturated heterocycles. The monoisotopic (exact) mass is 569 g/mol. The first-order valence-electron chi connectivity index (χ1n) is 11.4. The van der Waals surface area contributed by atoms with Crippen LogP contribution in [0, 0.1) is 0 Å². The Morgan fingerprint density at radius 1 is 1.06 bits per heavy atom. The van der Waals surface area contributed by atoms with Crippen LogP contribution in [0.3, 0.4) is 0 Å². The minimum absolute atomic E-state index is 0.116. The van der Waals surface area contributed by atoms with Crippen LogP contribution < -0.4 is 5.32 Å². The Kier molecular flexibility index (Phi) is 7.69. The number of rotatable bonds is 6. The number of aliphatic hydroxyl groups is 3. The number of carbonyl (C=O) groups excluding carboxylic acids is 1. The van der Waals surface area contributed by atoms with Gasteiger partial charge in [0.2, 0.25) is 5.91 Å². The average Bonchev–Trinajstić information content (AvgIpc) is 2.74. The highest BCUT2D eigenvalue weighted by Gasteiger charge is 2.76. The van der Waals surface area contributed by atoms with Crippen molar-refractivity contribution in [3.05, 3.63) is 0 Å². The van der Waals surface area contributed by atoms with Crippen molar-refractivity contribution >= 4 is 27.8 Å². The van der Waals surface area contributed by atoms with E-state index in [1.54, 1.807) is 13.8 Å². The number of aliphatic carboxylic acids is 1. The number of methoxy groups -OCH3 is 1. The zero-order chi connectivity index (χ0) is 27.6. The Hall–Kier alpha value is -0.860. The quantitative estimate of drug-likeness (QED) is 0.287. The lowest BCUT2D eigenvalue weighted by Gasteiger charge is -2.65. The van der Waals surface area contributed by atoms with E-state index in [9.17, 15) is 30.0 Å². The summed E-state index contributed by atoms with van der Waals surface area (Å²) in [5.41, 5.74) is -13.0. The van der Waals surface area contributed by atoms with Crippen molar-refractivity contribution in [2.45, 2.75) is 120 Å². The Morgan fingerprint density at radius 2 is 1.57 bits per heavy atom. The summed E-state index contributed by atoms with van der Waals surface area (Å²) in [7, 11) is 1.36. The summed E-state index contributed by atoms with van der Waals surface area (Å²) in [6.45, 7) is 12.5. The van der Waals surface area contributed by atoms with Crippen LogP contribution in [0.1, 0.15) is 62.3 Å². The van der Waals surface area contributed by atoms with Crippen molar-refractivity contribution in [1.82, 2.24) is 5.32 Å². The standard InChI is InChI=1S/C23H40BrNO10/c1-12-19(5,30)22(8,31)23(9,21(7,33-12)15(28)29)35-16-18(4,25-13(2)26)20(6,32-10)14(27)17(3,11-24)34-16/h12,14,16,27,30-31H,11H2,1-10H3,(H,25,26)(H,28,29). The van der Waals surface area contributed by atoms with Gasteiger partial charge in [-0.15, -0.1) is 0 Å². The first-order valence-corrected chi connectivity index (χ1v) is 12.5. The van der Waals surface area contributed by atoms with Crippen LogP contribution in [0.4, 0.5) is 0 Å². The highest BCUT2D eigenvalue weighted by atomic mass is 79.9. The van der Waals surface area contributed by atoms with E-state index in [2.05, 4.69) is 21.2 Å². The molecule has 10 atom stereocenters. The first-order chi connectivity index (χ1) is 15.6. The van der Waals surface area contributed by atoms with E-state index in [1.165, 1.54) is 55.6 Å². The van der Waals surface area contributed by atoms with E-state index in [0.29, 0.717) is 0 Å². The number of amides is 1. The lowest BCUT2D eigenvalue weighted by atomic mass is 9.61. The van der Waals surface area contributed by atoms with E-state index in [-0.39, 0.29) is 5.33 Å². The molecule has 5 N–H and O–H groups in total. The minimum Gasteiger partial charge on any atom is -0.479 e. The molecule has 0 saturated carbocycles. The SMILES string of the molecule is COC1(C)C(O)C(C)(CBr)OC(OC2(C)C(C)(C(=O)O)OC(C)C(C)(O)C2(C)O)C1(C)NC(C)=O. The third-order valence-electron chi connectivity index (χ3n) is 8.88. The van der Waals surface area contributed by atoms with E-state index in [0.717, 1.165) is 0 Å². The zero-order valence-electron chi connectivity index (χ0n) is 22.1. The van der Waals surface area contributed by atoms with Gasteiger partial charge < -0.3 is 44.7 Å². The molecule has 2 fully saturated rings. The number of hydrogen-bond acceptors (Lipinski definition) is 9. The molecule has 0 radical (unpaired) electrons.